The van der Waals surface area contributed by atoms with Crippen LogP contribution in [0, 0.1) is 0 Å². The molecule has 0 saturated carbocycles. The molecule has 0 aliphatic carbocycles. The van der Waals surface area contributed by atoms with Crippen molar-refractivity contribution >= 4 is 10.8 Å². The molecule has 0 fully saturated rings. The number of nitrogens with zero attached hydrogens (tertiary/aromatic N) is 4. The molecule has 0 spiro atoms. The van der Waals surface area contributed by atoms with E-state index in [0.29, 0.717) is 11.0 Å². The smallest absolute Gasteiger partial charge is 0.230 e. The Hall–Kier alpha value is -1.43. The maximum atomic E-state index is 11.1. The van der Waals surface area contributed by atoms with E-state index >= 15 is 0 Å². The maximum absolute atomic E-state index is 11.1. The summed E-state index contributed by atoms with van der Waals surface area (Å²) in [7, 11) is 0.836. The van der Waals surface area contributed by atoms with Gasteiger partial charge in [0.1, 0.15) is 5.03 Å². The number of rotatable bonds is 2. The summed E-state index contributed by atoms with van der Waals surface area (Å²) < 4.78 is 14.6. The highest BCUT2D eigenvalue weighted by Gasteiger charge is 2.06. The van der Waals surface area contributed by atoms with E-state index < -0.39 is 10.8 Å². The van der Waals surface area contributed by atoms with Crippen molar-refractivity contribution in [3.63, 3.8) is 0 Å². The van der Waals surface area contributed by atoms with Gasteiger partial charge in [0.2, 0.25) is 5.95 Å². The summed E-state index contributed by atoms with van der Waals surface area (Å²) in [4.78, 5) is 4.12. The lowest BCUT2D eigenvalue weighted by atomic mass is 10.7. The van der Waals surface area contributed by atoms with Gasteiger partial charge in [-0.3, -0.25) is 4.21 Å². The van der Waals surface area contributed by atoms with Crippen LogP contribution in [0.1, 0.15) is 0 Å². The lowest BCUT2D eigenvalue weighted by molar-refractivity contribution is 0.677. The van der Waals surface area contributed by atoms with E-state index in [2.05, 4.69) is 10.1 Å². The minimum absolute atomic E-state index is 0.563. The Labute approximate surface area is 83.8 Å². The molecule has 1 atom stereocenters. The standard InChI is InChI=1S/C8H10N4OS/c1-11-6-4-9-8(11)12-5-3-7(10-12)14(2)13/h3-6H,1-2H3. The highest BCUT2D eigenvalue weighted by Crippen LogP contribution is 2.05. The quantitative estimate of drug-likeness (QED) is 0.718. The van der Waals surface area contributed by atoms with Gasteiger partial charge in [-0.1, -0.05) is 0 Å². The normalized spacial score (nSPS) is 13.0. The molecule has 0 bridgehead atoms. The summed E-state index contributed by atoms with van der Waals surface area (Å²) in [5.74, 6) is 0.710. The van der Waals surface area contributed by atoms with Crippen LogP contribution >= 0.6 is 0 Å². The third-order valence-corrected chi connectivity index (χ3v) is 2.67. The van der Waals surface area contributed by atoms with Crippen molar-refractivity contribution in [1.82, 2.24) is 19.3 Å². The number of hydrogen-bond donors (Lipinski definition) is 0. The molecule has 0 saturated heterocycles. The minimum atomic E-state index is -1.05. The summed E-state index contributed by atoms with van der Waals surface area (Å²) in [6.07, 6.45) is 6.88. The molecular weight excluding hydrogens is 200 g/mol. The number of aryl methyl sites for hydroxylation is 1. The van der Waals surface area contributed by atoms with E-state index in [1.807, 2.05) is 17.8 Å². The van der Waals surface area contributed by atoms with Crippen LogP contribution in [0.3, 0.4) is 0 Å². The van der Waals surface area contributed by atoms with Gasteiger partial charge in [0, 0.05) is 31.9 Å². The van der Waals surface area contributed by atoms with E-state index in [9.17, 15) is 4.21 Å². The Bertz CT molecular complexity index is 473. The first kappa shape index (κ1) is 9.14. The predicted molar refractivity (Wildman–Crippen MR) is 52.7 cm³/mol. The fraction of sp³-hybridized carbons (Fsp3) is 0.250. The zero-order chi connectivity index (χ0) is 10.1. The summed E-state index contributed by atoms with van der Waals surface area (Å²) in [6, 6.07) is 1.73. The fourth-order valence-corrected chi connectivity index (χ4v) is 1.61. The zero-order valence-electron chi connectivity index (χ0n) is 7.91. The van der Waals surface area contributed by atoms with Crippen LogP contribution in [-0.2, 0) is 17.8 Å². The van der Waals surface area contributed by atoms with Gasteiger partial charge in [0.05, 0.1) is 10.8 Å². The Balaban J connectivity index is 2.43. The molecule has 0 aliphatic heterocycles. The third-order valence-electron chi connectivity index (χ3n) is 1.86. The molecule has 0 aliphatic rings. The Morgan fingerprint density at radius 3 is 2.71 bits per heavy atom. The fourth-order valence-electron chi connectivity index (χ4n) is 1.15. The molecule has 14 heavy (non-hydrogen) atoms. The average Bonchev–Trinajstić information content (AvgIpc) is 2.71. The summed E-state index contributed by atoms with van der Waals surface area (Å²) in [5.41, 5.74) is 0. The van der Waals surface area contributed by atoms with E-state index in [4.69, 9.17) is 0 Å². The molecule has 6 heteroatoms. The van der Waals surface area contributed by atoms with Crippen LogP contribution in [0.25, 0.3) is 5.95 Å². The second-order valence-corrected chi connectivity index (χ2v) is 4.22. The van der Waals surface area contributed by atoms with Crippen molar-refractivity contribution in [2.45, 2.75) is 5.03 Å². The van der Waals surface area contributed by atoms with Gasteiger partial charge in [-0.25, -0.2) is 9.67 Å². The van der Waals surface area contributed by atoms with Crippen LogP contribution < -0.4 is 0 Å². The van der Waals surface area contributed by atoms with Crippen molar-refractivity contribution in [2.24, 2.45) is 7.05 Å². The van der Waals surface area contributed by atoms with Crippen LogP contribution in [-0.4, -0.2) is 29.8 Å². The van der Waals surface area contributed by atoms with E-state index in [-0.39, 0.29) is 0 Å². The minimum Gasteiger partial charge on any atom is -0.319 e. The molecule has 0 aromatic carbocycles. The topological polar surface area (TPSA) is 52.7 Å². The lowest BCUT2D eigenvalue weighted by Gasteiger charge is -1.99. The van der Waals surface area contributed by atoms with Crippen LogP contribution in [0.4, 0.5) is 0 Å². The Morgan fingerprint density at radius 2 is 2.21 bits per heavy atom. The van der Waals surface area contributed by atoms with Crippen LogP contribution in [0.2, 0.25) is 0 Å². The molecular formula is C8H10N4OS. The molecule has 0 N–H and O–H groups in total. The molecule has 1 unspecified atom stereocenters. The second kappa shape index (κ2) is 3.38. The van der Waals surface area contributed by atoms with E-state index in [0.717, 1.165) is 0 Å². The molecule has 0 radical (unpaired) electrons. The van der Waals surface area contributed by atoms with Gasteiger partial charge in [-0.05, 0) is 6.07 Å². The van der Waals surface area contributed by atoms with Crippen molar-refractivity contribution in [1.29, 1.82) is 0 Å². The zero-order valence-corrected chi connectivity index (χ0v) is 8.73. The van der Waals surface area contributed by atoms with Gasteiger partial charge >= 0.3 is 0 Å². The highest BCUT2D eigenvalue weighted by molar-refractivity contribution is 7.84. The average molecular weight is 210 g/mol. The molecule has 74 valence electrons. The molecule has 2 aromatic heterocycles. The maximum Gasteiger partial charge on any atom is 0.230 e. The van der Waals surface area contributed by atoms with Gasteiger partial charge in [0.25, 0.3) is 0 Å². The third kappa shape index (κ3) is 1.48. The van der Waals surface area contributed by atoms with E-state index in [1.165, 1.54) is 0 Å². The SMILES string of the molecule is Cn1ccnc1-n1ccc(S(C)=O)n1. The van der Waals surface area contributed by atoms with Crippen LogP contribution in [0.15, 0.2) is 29.7 Å². The number of hydrogen-bond acceptors (Lipinski definition) is 3. The highest BCUT2D eigenvalue weighted by atomic mass is 32.2. The van der Waals surface area contributed by atoms with Gasteiger partial charge in [-0.15, -0.1) is 0 Å². The predicted octanol–water partition coefficient (Wildman–Crippen LogP) is 0.343. The van der Waals surface area contributed by atoms with E-state index in [1.54, 1.807) is 29.4 Å². The Morgan fingerprint density at radius 1 is 1.43 bits per heavy atom. The van der Waals surface area contributed by atoms with Crippen molar-refractivity contribution in [3.05, 3.63) is 24.7 Å². The van der Waals surface area contributed by atoms with Gasteiger partial charge in [0.15, 0.2) is 0 Å². The van der Waals surface area contributed by atoms with Gasteiger partial charge in [-0.2, -0.15) is 5.10 Å². The molecule has 2 rings (SSSR count). The Kier molecular flexibility index (Phi) is 2.20. The largest absolute Gasteiger partial charge is 0.319 e. The first-order valence-electron chi connectivity index (χ1n) is 4.05. The lowest BCUT2D eigenvalue weighted by Crippen LogP contribution is -2.04. The second-order valence-electron chi connectivity index (χ2n) is 2.89. The first-order chi connectivity index (χ1) is 6.68. The summed E-state index contributed by atoms with van der Waals surface area (Å²) in [5, 5.41) is 4.71. The first-order valence-corrected chi connectivity index (χ1v) is 5.61. The van der Waals surface area contributed by atoms with Crippen LogP contribution in [0.5, 0.6) is 0 Å². The molecule has 2 heterocycles. The van der Waals surface area contributed by atoms with Crippen molar-refractivity contribution in [3.8, 4) is 5.95 Å². The molecule has 5 nitrogen and oxygen atoms in total. The number of imidazole rings is 1. The monoisotopic (exact) mass is 210 g/mol. The number of aromatic nitrogens is 4. The summed E-state index contributed by atoms with van der Waals surface area (Å²) >= 11 is 0. The van der Waals surface area contributed by atoms with Gasteiger partial charge < -0.3 is 4.57 Å². The summed E-state index contributed by atoms with van der Waals surface area (Å²) in [6.45, 7) is 0. The van der Waals surface area contributed by atoms with Crippen molar-refractivity contribution < 1.29 is 4.21 Å². The molecule has 2 aromatic rings. The molecule has 0 amide bonds. The van der Waals surface area contributed by atoms with Crippen molar-refractivity contribution in [2.75, 3.05) is 6.26 Å².